The van der Waals surface area contributed by atoms with Crippen LogP contribution in [-0.2, 0) is 12.7 Å². The summed E-state index contributed by atoms with van der Waals surface area (Å²) in [4.78, 5) is 16.5. The van der Waals surface area contributed by atoms with Crippen LogP contribution in [0.25, 0.3) is 0 Å². The van der Waals surface area contributed by atoms with Gasteiger partial charge in [-0.1, -0.05) is 42.5 Å². The van der Waals surface area contributed by atoms with Gasteiger partial charge in [0.25, 0.3) is 5.91 Å². The molecule has 27 heavy (non-hydrogen) atoms. The summed E-state index contributed by atoms with van der Waals surface area (Å²) >= 11 is 0. The van der Waals surface area contributed by atoms with Crippen LogP contribution < -0.4 is 0 Å². The summed E-state index contributed by atoms with van der Waals surface area (Å²) in [7, 11) is 2.00. The van der Waals surface area contributed by atoms with E-state index in [1.54, 1.807) is 4.90 Å². The van der Waals surface area contributed by atoms with E-state index in [1.807, 2.05) is 37.4 Å². The maximum atomic E-state index is 13.2. The summed E-state index contributed by atoms with van der Waals surface area (Å²) < 4.78 is 39.7. The molecule has 3 rings (SSSR count). The van der Waals surface area contributed by atoms with Gasteiger partial charge in [-0.3, -0.25) is 9.69 Å². The van der Waals surface area contributed by atoms with Gasteiger partial charge in [-0.15, -0.1) is 0 Å². The Morgan fingerprint density at radius 3 is 2.48 bits per heavy atom. The predicted molar refractivity (Wildman–Crippen MR) is 98.3 cm³/mol. The molecule has 1 amide bonds. The minimum atomic E-state index is -4.54. The van der Waals surface area contributed by atoms with Crippen LogP contribution >= 0.6 is 0 Å². The highest BCUT2D eigenvalue weighted by Gasteiger charge is 2.37. The van der Waals surface area contributed by atoms with Gasteiger partial charge in [0.1, 0.15) is 0 Å². The molecule has 0 radical (unpaired) electrons. The molecule has 1 saturated heterocycles. The monoisotopic (exact) mass is 376 g/mol. The average Bonchev–Trinajstić information content (AvgIpc) is 2.67. The molecule has 0 aliphatic carbocycles. The summed E-state index contributed by atoms with van der Waals surface area (Å²) in [5, 5.41) is 0. The van der Waals surface area contributed by atoms with E-state index in [0.717, 1.165) is 25.5 Å². The first kappa shape index (κ1) is 19.4. The third-order valence-corrected chi connectivity index (χ3v) is 5.04. The van der Waals surface area contributed by atoms with Crippen LogP contribution in [0.2, 0.25) is 0 Å². The van der Waals surface area contributed by atoms with Crippen molar-refractivity contribution in [2.24, 2.45) is 0 Å². The van der Waals surface area contributed by atoms with Crippen molar-refractivity contribution in [3.05, 3.63) is 71.3 Å². The molecule has 2 aromatic rings. The molecule has 3 nitrogen and oxygen atoms in total. The Balaban J connectivity index is 1.72. The minimum Gasteiger partial charge on any atom is -0.337 e. The molecule has 0 unspecified atom stereocenters. The van der Waals surface area contributed by atoms with E-state index < -0.39 is 17.6 Å². The molecular weight excluding hydrogens is 353 g/mol. The van der Waals surface area contributed by atoms with Gasteiger partial charge in [0.15, 0.2) is 0 Å². The molecule has 144 valence electrons. The van der Waals surface area contributed by atoms with Crippen LogP contribution in [0.15, 0.2) is 54.6 Å². The number of nitrogens with zero attached hydrogens (tertiary/aromatic N) is 2. The minimum absolute atomic E-state index is 0.126. The topological polar surface area (TPSA) is 23.6 Å². The second-order valence-electron chi connectivity index (χ2n) is 6.99. The van der Waals surface area contributed by atoms with E-state index >= 15 is 0 Å². The van der Waals surface area contributed by atoms with Crippen LogP contribution in [0.1, 0.15) is 34.3 Å². The van der Waals surface area contributed by atoms with Gasteiger partial charge in [0.05, 0.1) is 11.1 Å². The predicted octanol–water partition coefficient (Wildman–Crippen LogP) is 4.44. The van der Waals surface area contributed by atoms with Gasteiger partial charge in [-0.25, -0.2) is 0 Å². The first-order valence-corrected chi connectivity index (χ1v) is 9.06. The zero-order valence-electron chi connectivity index (χ0n) is 15.2. The number of hydrogen-bond acceptors (Lipinski definition) is 2. The van der Waals surface area contributed by atoms with Crippen LogP contribution in [0.4, 0.5) is 13.2 Å². The van der Waals surface area contributed by atoms with E-state index in [2.05, 4.69) is 4.90 Å². The Morgan fingerprint density at radius 2 is 1.78 bits per heavy atom. The number of halogens is 3. The summed E-state index contributed by atoms with van der Waals surface area (Å²) in [6.07, 6.45) is -2.83. The maximum Gasteiger partial charge on any atom is 0.417 e. The lowest BCUT2D eigenvalue weighted by atomic mass is 10.0. The highest BCUT2D eigenvalue weighted by Crippen LogP contribution is 2.33. The lowest BCUT2D eigenvalue weighted by Gasteiger charge is -2.38. The number of amides is 1. The number of alkyl halides is 3. The zero-order chi connectivity index (χ0) is 19.4. The van der Waals surface area contributed by atoms with Gasteiger partial charge < -0.3 is 4.90 Å². The molecule has 2 aromatic carbocycles. The Morgan fingerprint density at radius 1 is 1.11 bits per heavy atom. The fraction of sp³-hybridized carbons (Fsp3) is 0.381. The number of hydrogen-bond donors (Lipinski definition) is 0. The van der Waals surface area contributed by atoms with Gasteiger partial charge in [-0.2, -0.15) is 13.2 Å². The first-order valence-electron chi connectivity index (χ1n) is 9.06. The van der Waals surface area contributed by atoms with Crippen molar-refractivity contribution in [1.29, 1.82) is 0 Å². The molecule has 1 fully saturated rings. The first-order chi connectivity index (χ1) is 12.9. The Labute approximate surface area is 157 Å². The second kappa shape index (κ2) is 8.13. The number of carbonyl (C=O) groups is 1. The summed E-state index contributed by atoms with van der Waals surface area (Å²) in [5.74, 6) is -0.541. The van der Waals surface area contributed by atoms with Crippen LogP contribution in [0.5, 0.6) is 0 Å². The Bertz CT molecular complexity index is 776. The summed E-state index contributed by atoms with van der Waals surface area (Å²) in [5.41, 5.74) is 0.0389. The van der Waals surface area contributed by atoms with E-state index in [0.29, 0.717) is 13.1 Å². The van der Waals surface area contributed by atoms with E-state index in [-0.39, 0.29) is 11.6 Å². The molecule has 1 heterocycles. The highest BCUT2D eigenvalue weighted by atomic mass is 19.4. The smallest absolute Gasteiger partial charge is 0.337 e. The van der Waals surface area contributed by atoms with Crippen molar-refractivity contribution in [2.45, 2.75) is 31.6 Å². The number of benzene rings is 2. The number of rotatable bonds is 4. The van der Waals surface area contributed by atoms with Gasteiger partial charge in [0, 0.05) is 25.7 Å². The number of piperidine rings is 1. The Hall–Kier alpha value is -2.34. The third-order valence-electron chi connectivity index (χ3n) is 5.04. The molecule has 1 atom stereocenters. The molecule has 1 aliphatic heterocycles. The van der Waals surface area contributed by atoms with Crippen LogP contribution in [-0.4, -0.2) is 41.9 Å². The van der Waals surface area contributed by atoms with Gasteiger partial charge >= 0.3 is 6.18 Å². The molecule has 1 aliphatic rings. The number of carbonyl (C=O) groups excluding carboxylic acids is 1. The van der Waals surface area contributed by atoms with Crippen LogP contribution in [0, 0.1) is 0 Å². The fourth-order valence-electron chi connectivity index (χ4n) is 3.59. The highest BCUT2D eigenvalue weighted by molar-refractivity contribution is 5.96. The zero-order valence-corrected chi connectivity index (χ0v) is 15.2. The molecule has 0 N–H and O–H groups in total. The van der Waals surface area contributed by atoms with E-state index in [4.69, 9.17) is 0 Å². The third kappa shape index (κ3) is 4.69. The largest absolute Gasteiger partial charge is 0.417 e. The molecule has 6 heteroatoms. The summed E-state index contributed by atoms with van der Waals surface area (Å²) in [6.45, 7) is 1.67. The number of likely N-dealkylation sites (N-methyl/N-ethyl adjacent to an activating group) is 1. The van der Waals surface area contributed by atoms with Crippen LogP contribution in [0.3, 0.4) is 0 Å². The molecule has 0 saturated carbocycles. The SMILES string of the molecule is CN(Cc1ccccc1)[C@@H]1CCCN(C(=O)c2ccccc2C(F)(F)F)C1. The van der Waals surface area contributed by atoms with Gasteiger partial charge in [0.2, 0.25) is 0 Å². The van der Waals surface area contributed by atoms with Crippen molar-refractivity contribution in [3.63, 3.8) is 0 Å². The normalized spacial score (nSPS) is 18.0. The maximum absolute atomic E-state index is 13.2. The molecule has 0 aromatic heterocycles. The summed E-state index contributed by atoms with van der Waals surface area (Å²) in [6, 6.07) is 15.2. The van der Waals surface area contributed by atoms with Crippen molar-refractivity contribution >= 4 is 5.91 Å². The quantitative estimate of drug-likeness (QED) is 0.788. The lowest BCUT2D eigenvalue weighted by Crippen LogP contribution is -2.48. The number of likely N-dealkylation sites (tertiary alicyclic amines) is 1. The molecule has 0 bridgehead atoms. The average molecular weight is 376 g/mol. The van der Waals surface area contributed by atoms with E-state index in [1.165, 1.54) is 23.8 Å². The Kier molecular flexibility index (Phi) is 5.85. The molecular formula is C21H23F3N2O. The van der Waals surface area contributed by atoms with Gasteiger partial charge in [-0.05, 0) is 37.6 Å². The van der Waals surface area contributed by atoms with Crippen molar-refractivity contribution in [3.8, 4) is 0 Å². The lowest BCUT2D eigenvalue weighted by molar-refractivity contribution is -0.138. The standard InChI is InChI=1S/C21H23F3N2O/c1-25(14-16-8-3-2-4-9-16)17-10-7-13-26(15-17)20(27)18-11-5-6-12-19(18)21(22,23)24/h2-6,8-9,11-12,17H,7,10,13-15H2,1H3/t17-/m1/s1. The van der Waals surface area contributed by atoms with E-state index in [9.17, 15) is 18.0 Å². The van der Waals surface area contributed by atoms with Crippen molar-refractivity contribution in [1.82, 2.24) is 9.80 Å². The van der Waals surface area contributed by atoms with Crippen molar-refractivity contribution < 1.29 is 18.0 Å². The fourth-order valence-corrected chi connectivity index (χ4v) is 3.59. The molecule has 0 spiro atoms. The second-order valence-corrected chi connectivity index (χ2v) is 6.99. The van der Waals surface area contributed by atoms with Crippen molar-refractivity contribution in [2.75, 3.05) is 20.1 Å².